The van der Waals surface area contributed by atoms with E-state index in [1.54, 1.807) is 0 Å². The zero-order chi connectivity index (χ0) is 9.35. The normalized spacial score (nSPS) is 31.9. The first kappa shape index (κ1) is 12.6. The van der Waals surface area contributed by atoms with Gasteiger partial charge in [0.1, 0.15) is 5.54 Å². The molecular weight excluding hydrogens is 204 g/mol. The molecule has 0 saturated heterocycles. The fraction of sp³-hybridized carbons (Fsp3) is 0.857. The minimum Gasteiger partial charge on any atom is -0.468 e. The number of carbonyl (C=O) groups excluding carboxylic acids is 1. The summed E-state index contributed by atoms with van der Waals surface area (Å²) in [5.41, 5.74) is 4.32. The Morgan fingerprint density at radius 3 is 2.38 bits per heavy atom. The minimum absolute atomic E-state index is 0. The molecule has 78 valence electrons. The van der Waals surface area contributed by atoms with Gasteiger partial charge in [-0.05, 0) is 12.8 Å². The molecule has 1 rings (SSSR count). The van der Waals surface area contributed by atoms with E-state index in [-0.39, 0.29) is 25.2 Å². The molecule has 0 heterocycles. The van der Waals surface area contributed by atoms with Gasteiger partial charge >= 0.3 is 5.97 Å². The first-order chi connectivity index (χ1) is 5.49. The van der Waals surface area contributed by atoms with Crippen molar-refractivity contribution in [2.45, 2.75) is 24.8 Å². The summed E-state index contributed by atoms with van der Waals surface area (Å²) < 4.78 is 28.3. The molecule has 0 aromatic rings. The monoisotopic (exact) mass is 215 g/mol. The quantitative estimate of drug-likeness (QED) is 0.698. The predicted molar refractivity (Wildman–Crippen MR) is 44.9 cm³/mol. The van der Waals surface area contributed by atoms with Crippen LogP contribution < -0.4 is 5.73 Å². The van der Waals surface area contributed by atoms with Crippen molar-refractivity contribution < 1.29 is 18.3 Å². The van der Waals surface area contributed by atoms with E-state index in [0.717, 1.165) is 0 Å². The molecular formula is C7H12ClF2NO2. The molecule has 3 nitrogen and oxygen atoms in total. The molecule has 0 aliphatic heterocycles. The average molecular weight is 216 g/mol. The molecule has 1 aliphatic carbocycles. The zero-order valence-electron chi connectivity index (χ0n) is 7.13. The lowest BCUT2D eigenvalue weighted by molar-refractivity contribution is -0.155. The highest BCUT2D eigenvalue weighted by Crippen LogP contribution is 2.40. The van der Waals surface area contributed by atoms with Crippen molar-refractivity contribution in [3.05, 3.63) is 0 Å². The SMILES string of the molecule is COC(=O)C1(N)CC(C(F)F)C1.Cl. The Hall–Kier alpha value is -0.420. The Morgan fingerprint density at radius 2 is 2.08 bits per heavy atom. The molecule has 1 aliphatic rings. The maximum atomic E-state index is 12.0. The van der Waals surface area contributed by atoms with Crippen LogP contribution in [0.15, 0.2) is 0 Å². The summed E-state index contributed by atoms with van der Waals surface area (Å²) in [6.45, 7) is 0. The number of alkyl halides is 2. The van der Waals surface area contributed by atoms with Gasteiger partial charge in [-0.1, -0.05) is 0 Å². The van der Waals surface area contributed by atoms with E-state index in [1.165, 1.54) is 7.11 Å². The van der Waals surface area contributed by atoms with Gasteiger partial charge in [0.05, 0.1) is 7.11 Å². The molecule has 0 atom stereocenters. The van der Waals surface area contributed by atoms with Gasteiger partial charge in [-0.25, -0.2) is 8.78 Å². The van der Waals surface area contributed by atoms with Gasteiger partial charge in [-0.15, -0.1) is 12.4 Å². The van der Waals surface area contributed by atoms with Crippen molar-refractivity contribution >= 4 is 18.4 Å². The molecule has 1 saturated carbocycles. The smallest absolute Gasteiger partial charge is 0.325 e. The fourth-order valence-electron chi connectivity index (χ4n) is 1.42. The Labute approximate surface area is 81.0 Å². The highest BCUT2D eigenvalue weighted by Gasteiger charge is 2.51. The summed E-state index contributed by atoms with van der Waals surface area (Å²) in [4.78, 5) is 10.9. The van der Waals surface area contributed by atoms with Gasteiger partial charge in [-0.2, -0.15) is 0 Å². The standard InChI is InChI=1S/C7H11F2NO2.ClH/c1-12-6(11)7(10)2-4(3-7)5(8)9;/h4-5H,2-3,10H2,1H3;1H. The molecule has 6 heteroatoms. The first-order valence-electron chi connectivity index (χ1n) is 3.65. The number of carbonyl (C=O) groups is 1. The largest absolute Gasteiger partial charge is 0.468 e. The van der Waals surface area contributed by atoms with Gasteiger partial charge in [0.2, 0.25) is 6.43 Å². The van der Waals surface area contributed by atoms with E-state index in [2.05, 4.69) is 4.74 Å². The van der Waals surface area contributed by atoms with Crippen molar-refractivity contribution in [1.29, 1.82) is 0 Å². The molecule has 0 spiro atoms. The van der Waals surface area contributed by atoms with Crippen LogP contribution in [0.3, 0.4) is 0 Å². The third-order valence-electron chi connectivity index (χ3n) is 2.20. The number of esters is 1. The fourth-order valence-corrected chi connectivity index (χ4v) is 1.42. The molecule has 0 unspecified atom stereocenters. The third-order valence-corrected chi connectivity index (χ3v) is 2.20. The van der Waals surface area contributed by atoms with E-state index in [0.29, 0.717) is 0 Å². The van der Waals surface area contributed by atoms with Crippen molar-refractivity contribution in [1.82, 2.24) is 0 Å². The van der Waals surface area contributed by atoms with E-state index in [1.807, 2.05) is 0 Å². The van der Waals surface area contributed by atoms with Crippen LogP contribution in [0.1, 0.15) is 12.8 Å². The van der Waals surface area contributed by atoms with Crippen LogP contribution >= 0.6 is 12.4 Å². The van der Waals surface area contributed by atoms with Crippen LogP contribution in [0.2, 0.25) is 0 Å². The number of hydrogen-bond donors (Lipinski definition) is 1. The lowest BCUT2D eigenvalue weighted by Gasteiger charge is -2.41. The second-order valence-corrected chi connectivity index (χ2v) is 3.15. The molecule has 2 N–H and O–H groups in total. The van der Waals surface area contributed by atoms with Gasteiger partial charge in [0, 0.05) is 5.92 Å². The van der Waals surface area contributed by atoms with Gasteiger partial charge in [-0.3, -0.25) is 4.79 Å². The van der Waals surface area contributed by atoms with Crippen molar-refractivity contribution in [2.24, 2.45) is 11.7 Å². The highest BCUT2D eigenvalue weighted by molar-refractivity contribution is 5.85. The van der Waals surface area contributed by atoms with Crippen LogP contribution in [-0.4, -0.2) is 25.0 Å². The number of halogens is 3. The summed E-state index contributed by atoms with van der Waals surface area (Å²) in [6.07, 6.45) is -2.33. The van der Waals surface area contributed by atoms with Crippen LogP contribution in [0.4, 0.5) is 8.78 Å². The zero-order valence-corrected chi connectivity index (χ0v) is 7.94. The summed E-state index contributed by atoms with van der Waals surface area (Å²) in [6, 6.07) is 0. The lowest BCUT2D eigenvalue weighted by atomic mass is 9.69. The lowest BCUT2D eigenvalue weighted by Crippen LogP contribution is -2.59. The molecule has 0 aromatic carbocycles. The molecule has 0 bridgehead atoms. The molecule has 0 amide bonds. The van der Waals surface area contributed by atoms with Gasteiger partial charge in [0.25, 0.3) is 0 Å². The summed E-state index contributed by atoms with van der Waals surface area (Å²) in [7, 11) is 1.20. The topological polar surface area (TPSA) is 52.3 Å². The van der Waals surface area contributed by atoms with E-state index < -0.39 is 23.9 Å². The summed E-state index contributed by atoms with van der Waals surface area (Å²) in [5, 5.41) is 0. The summed E-state index contributed by atoms with van der Waals surface area (Å²) in [5.74, 6) is -1.34. The Kier molecular flexibility index (Phi) is 4.06. The van der Waals surface area contributed by atoms with E-state index in [4.69, 9.17) is 5.73 Å². The molecule has 13 heavy (non-hydrogen) atoms. The minimum atomic E-state index is -2.38. The Bertz CT molecular complexity index is 195. The Morgan fingerprint density at radius 1 is 1.62 bits per heavy atom. The third kappa shape index (κ3) is 2.28. The van der Waals surface area contributed by atoms with Crippen molar-refractivity contribution in [2.75, 3.05) is 7.11 Å². The average Bonchev–Trinajstić information content (AvgIpc) is 1.96. The van der Waals surface area contributed by atoms with Crippen molar-refractivity contribution in [3.63, 3.8) is 0 Å². The van der Waals surface area contributed by atoms with Crippen LogP contribution in [-0.2, 0) is 9.53 Å². The van der Waals surface area contributed by atoms with Gasteiger partial charge < -0.3 is 10.5 Å². The Balaban J connectivity index is 0.00000144. The first-order valence-corrected chi connectivity index (χ1v) is 3.65. The number of nitrogens with two attached hydrogens (primary N) is 1. The summed E-state index contributed by atoms with van der Waals surface area (Å²) >= 11 is 0. The van der Waals surface area contributed by atoms with E-state index >= 15 is 0 Å². The molecule has 1 fully saturated rings. The van der Waals surface area contributed by atoms with E-state index in [9.17, 15) is 13.6 Å². The number of ether oxygens (including phenoxy) is 1. The van der Waals surface area contributed by atoms with Crippen LogP contribution in [0, 0.1) is 5.92 Å². The predicted octanol–water partition coefficient (Wildman–Crippen LogP) is 0.954. The second-order valence-electron chi connectivity index (χ2n) is 3.15. The maximum Gasteiger partial charge on any atom is 0.325 e. The number of rotatable bonds is 2. The highest BCUT2D eigenvalue weighted by atomic mass is 35.5. The second kappa shape index (κ2) is 4.19. The number of hydrogen-bond acceptors (Lipinski definition) is 3. The van der Waals surface area contributed by atoms with Crippen LogP contribution in [0.5, 0.6) is 0 Å². The van der Waals surface area contributed by atoms with Crippen molar-refractivity contribution in [3.8, 4) is 0 Å². The number of methoxy groups -OCH3 is 1. The maximum absolute atomic E-state index is 12.0. The molecule has 0 radical (unpaired) electrons. The molecule has 0 aromatic heterocycles. The van der Waals surface area contributed by atoms with Crippen LogP contribution in [0.25, 0.3) is 0 Å². The van der Waals surface area contributed by atoms with Gasteiger partial charge in [0.15, 0.2) is 0 Å².